The van der Waals surface area contributed by atoms with Crippen LogP contribution < -0.4 is 0 Å². The van der Waals surface area contributed by atoms with E-state index < -0.39 is 15.6 Å². The molecule has 8 heteroatoms. The van der Waals surface area contributed by atoms with Crippen molar-refractivity contribution in [3.05, 3.63) is 34.6 Å². The molecule has 0 heterocycles. The summed E-state index contributed by atoms with van der Waals surface area (Å²) < 4.78 is 63.3. The summed E-state index contributed by atoms with van der Waals surface area (Å²) in [7, 11) is -5.66. The van der Waals surface area contributed by atoms with Crippen LogP contribution in [0.1, 0.15) is 25.7 Å². The maximum atomic E-state index is 12.3. The van der Waals surface area contributed by atoms with Gasteiger partial charge in [-0.2, -0.15) is 26.9 Å². The third-order valence-electron chi connectivity index (χ3n) is 3.11. The molecule has 0 radical (unpaired) electrons. The van der Waals surface area contributed by atoms with Crippen LogP contribution in [0.4, 0.5) is 13.2 Å². The Kier molecular flexibility index (Phi) is 3.65. The first-order valence-electron chi connectivity index (χ1n) is 5.76. The molecular weight excluding hydrogens is 295 g/mol. The Bertz CT molecular complexity index is 663. The highest BCUT2D eigenvalue weighted by atomic mass is 32.2. The molecule has 0 aromatic rings. The van der Waals surface area contributed by atoms with Gasteiger partial charge in [0.05, 0.1) is 6.07 Å². The third kappa shape index (κ3) is 2.58. The van der Waals surface area contributed by atoms with Crippen LogP contribution in [0.3, 0.4) is 0 Å². The fourth-order valence-electron chi connectivity index (χ4n) is 2.19. The van der Waals surface area contributed by atoms with Crippen molar-refractivity contribution in [1.82, 2.24) is 0 Å². The Morgan fingerprint density at radius 2 is 1.80 bits per heavy atom. The highest BCUT2D eigenvalue weighted by molar-refractivity contribution is 7.87. The van der Waals surface area contributed by atoms with E-state index in [1.54, 1.807) is 12.2 Å². The molecule has 0 aromatic heterocycles. The van der Waals surface area contributed by atoms with Gasteiger partial charge in [-0.05, 0) is 24.0 Å². The average molecular weight is 305 g/mol. The lowest BCUT2D eigenvalue weighted by Gasteiger charge is -2.11. The maximum Gasteiger partial charge on any atom is 0.534 e. The summed E-state index contributed by atoms with van der Waals surface area (Å²) >= 11 is 0. The molecule has 0 bridgehead atoms. The Morgan fingerprint density at radius 1 is 1.15 bits per heavy atom. The topological polar surface area (TPSA) is 67.2 Å². The van der Waals surface area contributed by atoms with Gasteiger partial charge in [0.25, 0.3) is 0 Å². The number of nitrogens with zero attached hydrogens (tertiary/aromatic N) is 1. The van der Waals surface area contributed by atoms with Gasteiger partial charge in [0.1, 0.15) is 5.76 Å². The van der Waals surface area contributed by atoms with Crippen molar-refractivity contribution in [2.75, 3.05) is 0 Å². The molecule has 0 fully saturated rings. The van der Waals surface area contributed by atoms with Gasteiger partial charge >= 0.3 is 15.6 Å². The van der Waals surface area contributed by atoms with Gasteiger partial charge in [-0.1, -0.05) is 12.2 Å². The summed E-state index contributed by atoms with van der Waals surface area (Å²) in [5.74, 6) is -0.211. The van der Waals surface area contributed by atoms with Crippen LogP contribution in [0.5, 0.6) is 0 Å². The zero-order valence-corrected chi connectivity index (χ0v) is 11.0. The normalized spacial score (nSPS) is 19.7. The van der Waals surface area contributed by atoms with Crippen molar-refractivity contribution < 1.29 is 25.8 Å². The summed E-state index contributed by atoms with van der Waals surface area (Å²) in [5.41, 5.74) is -4.03. The number of nitriles is 1. The van der Waals surface area contributed by atoms with E-state index in [2.05, 4.69) is 4.18 Å². The largest absolute Gasteiger partial charge is 0.534 e. The van der Waals surface area contributed by atoms with Gasteiger partial charge in [0.15, 0.2) is 0 Å². The first kappa shape index (κ1) is 14.7. The Hall–Kier alpha value is -1.75. The van der Waals surface area contributed by atoms with E-state index in [4.69, 9.17) is 5.26 Å². The summed E-state index contributed by atoms with van der Waals surface area (Å²) in [5, 5.41) is 9.01. The van der Waals surface area contributed by atoms with Crippen LogP contribution in [-0.4, -0.2) is 13.9 Å². The standard InChI is InChI=1S/C12H10F3NO3S/c13-12(14,15)20(17,18)19-11-6-5-9-8(7-16)3-1-2-4-10(9)11/h1-2H,3-6H2. The lowest BCUT2D eigenvalue weighted by atomic mass is 10.0. The van der Waals surface area contributed by atoms with E-state index >= 15 is 0 Å². The van der Waals surface area contributed by atoms with Gasteiger partial charge in [0.2, 0.25) is 0 Å². The molecule has 2 aliphatic carbocycles. The van der Waals surface area contributed by atoms with E-state index in [-0.39, 0.29) is 18.6 Å². The minimum Gasteiger partial charge on any atom is -0.380 e. The molecule has 20 heavy (non-hydrogen) atoms. The summed E-state index contributed by atoms with van der Waals surface area (Å²) in [6.07, 6.45) is 4.46. The first-order valence-corrected chi connectivity index (χ1v) is 7.17. The van der Waals surface area contributed by atoms with Gasteiger partial charge in [0, 0.05) is 18.4 Å². The van der Waals surface area contributed by atoms with Gasteiger partial charge in [-0.25, -0.2) is 0 Å². The monoisotopic (exact) mass is 305 g/mol. The zero-order valence-electron chi connectivity index (χ0n) is 10.2. The molecule has 0 spiro atoms. The van der Waals surface area contributed by atoms with Crippen molar-refractivity contribution in [3.8, 4) is 6.07 Å². The molecule has 0 saturated heterocycles. The Morgan fingerprint density at radius 3 is 2.40 bits per heavy atom. The second-order valence-corrected chi connectivity index (χ2v) is 5.87. The lowest BCUT2D eigenvalue weighted by Crippen LogP contribution is -2.25. The minimum atomic E-state index is -5.66. The van der Waals surface area contributed by atoms with Gasteiger partial charge in [-0.15, -0.1) is 0 Å². The van der Waals surface area contributed by atoms with Crippen molar-refractivity contribution in [2.24, 2.45) is 0 Å². The molecule has 2 aliphatic rings. The Labute approximate surface area is 114 Å². The predicted octanol–water partition coefficient (Wildman–Crippen LogP) is 3.07. The second-order valence-electron chi connectivity index (χ2n) is 4.33. The SMILES string of the molecule is N#CC1=C2CCC(OS(=O)(=O)C(F)(F)F)=C2CC=CC1. The molecule has 0 saturated carbocycles. The smallest absolute Gasteiger partial charge is 0.380 e. The first-order chi connectivity index (χ1) is 9.26. The van der Waals surface area contributed by atoms with E-state index in [0.717, 1.165) is 0 Å². The van der Waals surface area contributed by atoms with E-state index in [9.17, 15) is 21.6 Å². The molecule has 0 N–H and O–H groups in total. The summed E-state index contributed by atoms with van der Waals surface area (Å²) in [6.45, 7) is 0. The van der Waals surface area contributed by atoms with Crippen LogP contribution >= 0.6 is 0 Å². The number of halogens is 3. The molecule has 0 amide bonds. The predicted molar refractivity (Wildman–Crippen MR) is 63.3 cm³/mol. The molecule has 0 aliphatic heterocycles. The van der Waals surface area contributed by atoms with Crippen molar-refractivity contribution >= 4 is 10.1 Å². The van der Waals surface area contributed by atoms with Crippen LogP contribution in [0.25, 0.3) is 0 Å². The molecule has 108 valence electrons. The van der Waals surface area contributed by atoms with Crippen LogP contribution in [0.2, 0.25) is 0 Å². The zero-order chi connectivity index (χ0) is 15.0. The minimum absolute atomic E-state index is 0.0546. The van der Waals surface area contributed by atoms with Gasteiger partial charge in [-0.3, -0.25) is 0 Å². The van der Waals surface area contributed by atoms with Crippen LogP contribution in [0.15, 0.2) is 34.6 Å². The quantitative estimate of drug-likeness (QED) is 0.447. The number of allylic oxidation sites excluding steroid dienone is 6. The molecular formula is C12H10F3NO3S. The highest BCUT2D eigenvalue weighted by Crippen LogP contribution is 2.40. The second kappa shape index (κ2) is 4.98. The van der Waals surface area contributed by atoms with Crippen molar-refractivity contribution in [2.45, 2.75) is 31.2 Å². The average Bonchev–Trinajstić information content (AvgIpc) is 2.59. The van der Waals surface area contributed by atoms with E-state index in [0.29, 0.717) is 29.6 Å². The lowest BCUT2D eigenvalue weighted by molar-refractivity contribution is -0.0523. The number of hydrogen-bond acceptors (Lipinski definition) is 4. The van der Waals surface area contributed by atoms with Gasteiger partial charge < -0.3 is 4.18 Å². The van der Waals surface area contributed by atoms with Crippen LogP contribution in [-0.2, 0) is 14.3 Å². The number of fused-ring (bicyclic) bond motifs is 1. The van der Waals surface area contributed by atoms with Crippen LogP contribution in [0, 0.1) is 11.3 Å². The summed E-state index contributed by atoms with van der Waals surface area (Å²) in [6, 6.07) is 2.00. The molecule has 0 atom stereocenters. The number of hydrogen-bond donors (Lipinski definition) is 0. The molecule has 0 aromatic carbocycles. The third-order valence-corrected chi connectivity index (χ3v) is 4.09. The highest BCUT2D eigenvalue weighted by Gasteiger charge is 2.49. The van der Waals surface area contributed by atoms with E-state index in [1.165, 1.54) is 0 Å². The van der Waals surface area contributed by atoms with Crippen molar-refractivity contribution in [3.63, 3.8) is 0 Å². The fourth-order valence-corrected chi connectivity index (χ4v) is 2.73. The maximum absolute atomic E-state index is 12.3. The van der Waals surface area contributed by atoms with Crippen molar-refractivity contribution in [1.29, 1.82) is 5.26 Å². The van der Waals surface area contributed by atoms with E-state index in [1.807, 2.05) is 6.07 Å². The Balaban J connectivity index is 2.42. The summed E-state index contributed by atoms with van der Waals surface area (Å²) in [4.78, 5) is 0. The number of rotatable bonds is 2. The number of alkyl halides is 3. The fraction of sp³-hybridized carbons (Fsp3) is 0.417. The molecule has 2 rings (SSSR count). The molecule has 4 nitrogen and oxygen atoms in total. The molecule has 0 unspecified atom stereocenters.